The molecule has 0 bridgehead atoms. The van der Waals surface area contributed by atoms with Gasteiger partial charge in [0.15, 0.2) is 12.3 Å². The van der Waals surface area contributed by atoms with Crippen molar-refractivity contribution in [3.05, 3.63) is 63.2 Å². The molecule has 2 heterocycles. The maximum Gasteiger partial charge on any atom is 0.266 e. The Labute approximate surface area is 185 Å². The van der Waals surface area contributed by atoms with Crippen molar-refractivity contribution in [2.45, 2.75) is 45.6 Å². The summed E-state index contributed by atoms with van der Waals surface area (Å²) >= 11 is 0. The van der Waals surface area contributed by atoms with Crippen molar-refractivity contribution >= 4 is 17.5 Å². The Hall–Kier alpha value is -3.62. The number of amides is 2. The van der Waals surface area contributed by atoms with E-state index in [-0.39, 0.29) is 30.4 Å². The lowest BCUT2D eigenvalue weighted by molar-refractivity contribution is -0.123. The molecule has 2 aromatic heterocycles. The van der Waals surface area contributed by atoms with E-state index in [1.165, 1.54) is 6.07 Å². The van der Waals surface area contributed by atoms with Crippen molar-refractivity contribution in [2.75, 3.05) is 13.2 Å². The van der Waals surface area contributed by atoms with Gasteiger partial charge in [-0.25, -0.2) is 9.50 Å². The first-order valence-corrected chi connectivity index (χ1v) is 10.7. The van der Waals surface area contributed by atoms with Crippen molar-refractivity contribution in [1.29, 1.82) is 0 Å². The molecule has 0 unspecified atom stereocenters. The molecule has 1 aliphatic rings. The third-order valence-corrected chi connectivity index (χ3v) is 5.51. The summed E-state index contributed by atoms with van der Waals surface area (Å²) < 4.78 is 7.11. The molecule has 168 valence electrons. The van der Waals surface area contributed by atoms with Gasteiger partial charge in [0, 0.05) is 35.6 Å². The fraction of sp³-hybridized carbons (Fsp3) is 0.391. The smallest absolute Gasteiger partial charge is 0.266 e. The van der Waals surface area contributed by atoms with Gasteiger partial charge in [0.25, 0.3) is 11.5 Å². The lowest BCUT2D eigenvalue weighted by Crippen LogP contribution is -2.30. The van der Waals surface area contributed by atoms with Crippen molar-refractivity contribution in [2.24, 2.45) is 0 Å². The van der Waals surface area contributed by atoms with E-state index in [1.54, 1.807) is 4.52 Å². The van der Waals surface area contributed by atoms with Gasteiger partial charge < -0.3 is 15.4 Å². The molecule has 1 saturated carbocycles. The van der Waals surface area contributed by atoms with Crippen molar-refractivity contribution < 1.29 is 14.3 Å². The summed E-state index contributed by atoms with van der Waals surface area (Å²) in [5, 5.41) is 8.51. The summed E-state index contributed by atoms with van der Waals surface area (Å²) in [6.45, 7) is 4.21. The lowest BCUT2D eigenvalue weighted by Gasteiger charge is -2.12. The monoisotopic (exact) mass is 437 g/mol. The van der Waals surface area contributed by atoms with Crippen LogP contribution in [0, 0.1) is 13.8 Å². The van der Waals surface area contributed by atoms with Crippen LogP contribution >= 0.6 is 0 Å². The maximum absolute atomic E-state index is 12.5. The van der Waals surface area contributed by atoms with E-state index in [2.05, 4.69) is 20.7 Å². The average Bonchev–Trinajstić information content (AvgIpc) is 3.49. The highest BCUT2D eigenvalue weighted by molar-refractivity contribution is 5.79. The van der Waals surface area contributed by atoms with Crippen LogP contribution in [0.25, 0.3) is 5.65 Å². The first kappa shape index (κ1) is 21.6. The van der Waals surface area contributed by atoms with E-state index in [1.807, 2.05) is 38.1 Å². The fourth-order valence-electron chi connectivity index (χ4n) is 3.58. The number of aromatic amines is 1. The Balaban J connectivity index is 1.24. The molecule has 0 saturated heterocycles. The molecule has 0 aliphatic heterocycles. The number of hydrogen-bond acceptors (Lipinski definition) is 5. The first-order valence-electron chi connectivity index (χ1n) is 10.7. The third kappa shape index (κ3) is 5.35. The first-order chi connectivity index (χ1) is 15.4. The van der Waals surface area contributed by atoms with E-state index in [9.17, 15) is 14.4 Å². The molecular formula is C23H27N5O4. The Kier molecular flexibility index (Phi) is 6.25. The number of benzene rings is 1. The highest BCUT2D eigenvalue weighted by atomic mass is 16.5. The molecule has 0 atom stereocenters. The molecule has 3 aromatic rings. The molecule has 0 spiro atoms. The number of rotatable bonds is 9. The second-order valence-corrected chi connectivity index (χ2v) is 8.13. The summed E-state index contributed by atoms with van der Waals surface area (Å²) in [6.07, 6.45) is 2.97. The number of H-pyrrole nitrogens is 1. The van der Waals surface area contributed by atoms with Gasteiger partial charge in [-0.3, -0.25) is 19.5 Å². The summed E-state index contributed by atoms with van der Waals surface area (Å²) in [6, 6.07) is 9.26. The number of fused-ring (bicyclic) bond motifs is 1. The number of carbonyl (C=O) groups is 2. The second-order valence-electron chi connectivity index (χ2n) is 8.13. The zero-order valence-corrected chi connectivity index (χ0v) is 18.2. The van der Waals surface area contributed by atoms with E-state index >= 15 is 0 Å². The standard InChI is InChI=1S/C23H27N5O4/c1-14-19(15(2)28-20(25-14)12-22(30)27-28)11-21(29)24-10-9-16-3-7-18(8-4-16)32-13-23(31)26-17-5-6-17/h3-4,7-8,12,17H,5-6,9-11,13H2,1-2H3,(H,24,29)(H,26,31)(H,27,30). The van der Waals surface area contributed by atoms with Crippen LogP contribution in [0.15, 0.2) is 35.1 Å². The van der Waals surface area contributed by atoms with E-state index < -0.39 is 0 Å². The molecule has 1 fully saturated rings. The van der Waals surface area contributed by atoms with Crippen molar-refractivity contribution in [3.63, 3.8) is 0 Å². The Morgan fingerprint density at radius 2 is 1.94 bits per heavy atom. The highest BCUT2D eigenvalue weighted by Gasteiger charge is 2.23. The van der Waals surface area contributed by atoms with Gasteiger partial charge >= 0.3 is 0 Å². The van der Waals surface area contributed by atoms with Gasteiger partial charge in [0.2, 0.25) is 5.91 Å². The van der Waals surface area contributed by atoms with Crippen molar-refractivity contribution in [1.82, 2.24) is 25.2 Å². The third-order valence-electron chi connectivity index (χ3n) is 5.51. The molecule has 1 aromatic carbocycles. The molecular weight excluding hydrogens is 410 g/mol. The summed E-state index contributed by atoms with van der Waals surface area (Å²) in [5.74, 6) is 0.441. The molecule has 9 heteroatoms. The molecule has 9 nitrogen and oxygen atoms in total. The minimum absolute atomic E-state index is 0.0162. The van der Waals surface area contributed by atoms with Gasteiger partial charge in [-0.05, 0) is 50.8 Å². The highest BCUT2D eigenvalue weighted by Crippen LogP contribution is 2.18. The second kappa shape index (κ2) is 9.25. The minimum atomic E-state index is -0.223. The molecule has 3 N–H and O–H groups in total. The van der Waals surface area contributed by atoms with Crippen LogP contribution in [0.5, 0.6) is 5.75 Å². The molecule has 1 aliphatic carbocycles. The van der Waals surface area contributed by atoms with Crippen LogP contribution in [-0.2, 0) is 22.4 Å². The van der Waals surface area contributed by atoms with Gasteiger partial charge in [0.05, 0.1) is 6.42 Å². The zero-order chi connectivity index (χ0) is 22.7. The van der Waals surface area contributed by atoms with Crippen LogP contribution in [0.4, 0.5) is 0 Å². The Morgan fingerprint density at radius 3 is 2.66 bits per heavy atom. The number of carbonyl (C=O) groups excluding carboxylic acids is 2. The quantitative estimate of drug-likeness (QED) is 0.465. The van der Waals surface area contributed by atoms with Crippen LogP contribution in [0.3, 0.4) is 0 Å². The predicted molar refractivity (Wildman–Crippen MR) is 119 cm³/mol. The SMILES string of the molecule is Cc1nc2cc(=O)[nH]n2c(C)c1CC(=O)NCCc1ccc(OCC(=O)NC2CC2)cc1. The van der Waals surface area contributed by atoms with Crippen molar-refractivity contribution in [3.8, 4) is 5.75 Å². The number of aryl methyl sites for hydroxylation is 2. The summed E-state index contributed by atoms with van der Waals surface area (Å²) in [7, 11) is 0. The maximum atomic E-state index is 12.5. The largest absolute Gasteiger partial charge is 0.484 e. The van der Waals surface area contributed by atoms with Crippen LogP contribution in [0.2, 0.25) is 0 Å². The van der Waals surface area contributed by atoms with E-state index in [0.29, 0.717) is 30.4 Å². The Morgan fingerprint density at radius 1 is 1.19 bits per heavy atom. The molecule has 32 heavy (non-hydrogen) atoms. The van der Waals surface area contributed by atoms with Gasteiger partial charge in [-0.1, -0.05) is 12.1 Å². The van der Waals surface area contributed by atoms with E-state index in [0.717, 1.165) is 35.4 Å². The summed E-state index contributed by atoms with van der Waals surface area (Å²) in [4.78, 5) is 40.1. The van der Waals surface area contributed by atoms with Gasteiger partial charge in [0.1, 0.15) is 5.75 Å². The number of nitrogens with one attached hydrogen (secondary N) is 3. The summed E-state index contributed by atoms with van der Waals surface area (Å²) in [5.41, 5.74) is 3.71. The zero-order valence-electron chi connectivity index (χ0n) is 18.2. The number of nitrogens with zero attached hydrogens (tertiary/aromatic N) is 2. The van der Waals surface area contributed by atoms with Crippen LogP contribution < -0.4 is 20.9 Å². The van der Waals surface area contributed by atoms with Gasteiger partial charge in [-0.2, -0.15) is 0 Å². The van der Waals surface area contributed by atoms with Crippen LogP contribution in [-0.4, -0.2) is 45.6 Å². The molecule has 0 radical (unpaired) electrons. The average molecular weight is 438 g/mol. The fourth-order valence-corrected chi connectivity index (χ4v) is 3.58. The van der Waals surface area contributed by atoms with Gasteiger partial charge in [-0.15, -0.1) is 0 Å². The minimum Gasteiger partial charge on any atom is -0.484 e. The Bertz CT molecular complexity index is 1190. The molecule has 4 rings (SSSR count). The normalized spacial score (nSPS) is 13.2. The molecule has 2 amide bonds. The number of hydrogen-bond donors (Lipinski definition) is 3. The van der Waals surface area contributed by atoms with E-state index in [4.69, 9.17) is 4.74 Å². The number of aromatic nitrogens is 3. The number of ether oxygens (including phenoxy) is 1. The topological polar surface area (TPSA) is 118 Å². The predicted octanol–water partition coefficient (Wildman–Crippen LogP) is 1.20. The lowest BCUT2D eigenvalue weighted by atomic mass is 10.1. The van der Waals surface area contributed by atoms with Crippen LogP contribution in [0.1, 0.15) is 35.4 Å².